The maximum absolute atomic E-state index is 7.54. The van der Waals surface area contributed by atoms with Crippen LogP contribution in [0.2, 0.25) is 0 Å². The van der Waals surface area contributed by atoms with Crippen molar-refractivity contribution in [2.45, 2.75) is 177 Å². The maximum Gasteiger partial charge on any atom is 0.130 e. The minimum Gasteiger partial charge on any atom is -0.493 e. The first-order valence-electron chi connectivity index (χ1n) is 35.5. The summed E-state index contributed by atoms with van der Waals surface area (Å²) in [5, 5.41) is 0. The molecule has 1 aliphatic carbocycles. The molecule has 8 bridgehead atoms. The molecule has 0 unspecified atom stereocenters. The van der Waals surface area contributed by atoms with Crippen LogP contribution >= 0.6 is 0 Å². The van der Waals surface area contributed by atoms with Crippen molar-refractivity contribution < 1.29 is 23.7 Å². The van der Waals surface area contributed by atoms with Gasteiger partial charge in [0, 0.05) is 54.9 Å². The summed E-state index contributed by atoms with van der Waals surface area (Å²) in [6.07, 6.45) is 2.49. The normalized spacial score (nSPS) is 12.6. The zero-order valence-corrected chi connectivity index (χ0v) is 61.7. The molecule has 12 heteroatoms. The lowest BCUT2D eigenvalue weighted by molar-refractivity contribution is 0.245. The number of fused-ring (bicyclic) bond motifs is 8. The van der Waals surface area contributed by atoms with E-state index in [-0.39, 0.29) is 41.5 Å². The van der Waals surface area contributed by atoms with Gasteiger partial charge in [-0.15, -0.1) is 0 Å². The molecule has 12 rings (SSSR count). The molecule has 0 aliphatic heterocycles. The number of benzene rings is 5. The van der Waals surface area contributed by atoms with Crippen LogP contribution in [0.25, 0.3) is 34.2 Å². The van der Waals surface area contributed by atoms with Gasteiger partial charge in [0.2, 0.25) is 0 Å². The largest absolute Gasteiger partial charge is 0.493 e. The Morgan fingerprint density at radius 1 is 0.297 bits per heavy atom. The van der Waals surface area contributed by atoms with Crippen LogP contribution in [0.3, 0.4) is 0 Å². The van der Waals surface area contributed by atoms with Gasteiger partial charge in [-0.25, -0.2) is 15.0 Å². The summed E-state index contributed by atoms with van der Waals surface area (Å²) in [4.78, 5) is 30.3. The highest BCUT2D eigenvalue weighted by Gasteiger charge is 2.30. The van der Waals surface area contributed by atoms with Crippen LogP contribution in [0.5, 0.6) is 28.7 Å². The van der Waals surface area contributed by atoms with Crippen molar-refractivity contribution >= 4 is 5.69 Å². The molecule has 1 aliphatic rings. The van der Waals surface area contributed by atoms with Crippen LogP contribution in [0.4, 0.5) is 5.69 Å². The summed E-state index contributed by atoms with van der Waals surface area (Å²) in [5.74, 6) is 3.94. The van der Waals surface area contributed by atoms with E-state index >= 15 is 0 Å². The molecule has 0 spiro atoms. The number of rotatable bonds is 18. The van der Waals surface area contributed by atoms with Gasteiger partial charge in [0.1, 0.15) is 48.6 Å². The Hall–Kier alpha value is -10.2. The highest BCUT2D eigenvalue weighted by molar-refractivity contribution is 5.62. The zero-order valence-electron chi connectivity index (χ0n) is 61.7. The van der Waals surface area contributed by atoms with E-state index in [1.54, 1.807) is 0 Å². The quantitative estimate of drug-likeness (QED) is 0.0643. The molecular formula is C89H97N7O5. The van der Waals surface area contributed by atoms with Crippen molar-refractivity contribution in [2.24, 2.45) is 0 Å². The highest BCUT2D eigenvalue weighted by Crippen LogP contribution is 2.45. The van der Waals surface area contributed by atoms with Gasteiger partial charge in [-0.3, -0.25) is 15.0 Å². The maximum atomic E-state index is 7.54. The molecule has 6 heterocycles. The van der Waals surface area contributed by atoms with E-state index in [0.717, 1.165) is 142 Å². The number of anilines is 1. The Morgan fingerprint density at radius 3 is 0.812 bits per heavy atom. The molecule has 11 aromatic rings. The molecule has 0 radical (unpaired) electrons. The summed E-state index contributed by atoms with van der Waals surface area (Å²) in [7, 11) is 0. The first-order chi connectivity index (χ1) is 48.1. The molecule has 0 saturated heterocycles. The molecular weight excluding hydrogens is 1250 g/mol. The summed E-state index contributed by atoms with van der Waals surface area (Å²) in [5.41, 5.74) is 28.5. The van der Waals surface area contributed by atoms with Crippen LogP contribution in [0, 0.1) is 20.8 Å². The first kappa shape index (κ1) is 70.7. The van der Waals surface area contributed by atoms with Crippen molar-refractivity contribution in [1.29, 1.82) is 0 Å². The van der Waals surface area contributed by atoms with Gasteiger partial charge in [0.25, 0.3) is 0 Å². The lowest BCUT2D eigenvalue weighted by Crippen LogP contribution is -2.18. The summed E-state index contributed by atoms with van der Waals surface area (Å²) in [6.45, 7) is 35.0. The van der Waals surface area contributed by atoms with E-state index in [9.17, 15) is 0 Å². The monoisotopic (exact) mass is 1340 g/mol. The lowest BCUT2D eigenvalue weighted by atomic mass is 9.79. The summed E-state index contributed by atoms with van der Waals surface area (Å²) in [6, 6.07) is 63.0. The molecule has 6 aromatic heterocycles. The van der Waals surface area contributed by atoms with E-state index in [4.69, 9.17) is 59.3 Å². The Balaban J connectivity index is 1.10. The number of nitrogens with zero attached hydrogens (tertiary/aromatic N) is 6. The minimum atomic E-state index is -0.285. The van der Waals surface area contributed by atoms with E-state index in [1.165, 1.54) is 22.3 Å². The van der Waals surface area contributed by atoms with Crippen molar-refractivity contribution in [1.82, 2.24) is 29.9 Å². The molecule has 5 aromatic carbocycles. The van der Waals surface area contributed by atoms with E-state index in [1.807, 2.05) is 154 Å². The van der Waals surface area contributed by atoms with Crippen LogP contribution in [0.1, 0.15) is 190 Å². The molecule has 518 valence electrons. The Kier molecular flexibility index (Phi) is 20.7. The molecule has 0 saturated carbocycles. The van der Waals surface area contributed by atoms with E-state index in [2.05, 4.69) is 132 Å². The van der Waals surface area contributed by atoms with Crippen LogP contribution in [0.15, 0.2) is 182 Å². The number of hydrogen-bond donors (Lipinski definition) is 1. The van der Waals surface area contributed by atoms with Gasteiger partial charge >= 0.3 is 0 Å². The Morgan fingerprint density at radius 2 is 0.545 bits per heavy atom. The van der Waals surface area contributed by atoms with Gasteiger partial charge in [-0.1, -0.05) is 168 Å². The standard InChI is InChI=1S/C89H97N7O5/c1-56-23-16-29-76(91-56)79-32-19-26-72(94-79)53-99-83-61-41-59-45-67(86(4,5)6)46-60(82(59)98-40-22-39-97-75-37-35-71(90)36-38-75)42-62-48-69(88(10,11)12)50-64(84(62)100-54-73-27-20-33-80(95-73)77-30-17-24-57(2)92-77)44-66-52-70(89(13,14)15)51-65(43-63(83)49-68(47-61)87(7,8)9)85(66)101-55-74-28-21-34-81(96-74)78-31-18-25-58(3)93-78/h16-21,23-38,45-52H,22,39-44,53-55,90H2,1-15H3. The van der Waals surface area contributed by atoms with Crippen molar-refractivity contribution in [3.05, 3.63) is 283 Å². The first-order valence-corrected chi connectivity index (χ1v) is 35.5. The third-order valence-electron chi connectivity index (χ3n) is 18.6. The number of hydrogen-bond acceptors (Lipinski definition) is 12. The van der Waals surface area contributed by atoms with Crippen molar-refractivity contribution in [2.75, 3.05) is 18.9 Å². The molecule has 2 N–H and O–H groups in total. The van der Waals surface area contributed by atoms with Crippen LogP contribution < -0.4 is 29.4 Å². The van der Waals surface area contributed by atoms with E-state index in [0.29, 0.717) is 51.0 Å². The van der Waals surface area contributed by atoms with Gasteiger partial charge in [-0.05, 0) is 206 Å². The summed E-state index contributed by atoms with van der Waals surface area (Å²) < 4.78 is 36.3. The molecule has 0 atom stereocenters. The second kappa shape index (κ2) is 29.6. The third-order valence-corrected chi connectivity index (χ3v) is 18.6. The van der Waals surface area contributed by atoms with Gasteiger partial charge in [-0.2, -0.15) is 0 Å². The fourth-order valence-corrected chi connectivity index (χ4v) is 13.0. The van der Waals surface area contributed by atoms with Crippen molar-refractivity contribution in [3.63, 3.8) is 0 Å². The zero-order chi connectivity index (χ0) is 71.4. The SMILES string of the molecule is Cc1cccc(-c2cccc(COc3c4cc(C(C)(C)C)cc3Cc3cc(C(C)(C)C)cc(c3OCc3cccc(-c5cccc(C)n5)n3)Cc3cc(C(C)(C)C)cc(c3OCc3cccc(-c5cccc(C)n5)n3)Cc3cc(C(C)(C)C)cc(c3OCCCOc3ccc(N)cc3)C4)n2)n1. The average Bonchev–Trinajstić information content (AvgIpc) is 0.761. The lowest BCUT2D eigenvalue weighted by Gasteiger charge is -2.29. The number of aryl methyl sites for hydroxylation is 3. The van der Waals surface area contributed by atoms with Gasteiger partial charge in [0.15, 0.2) is 0 Å². The smallest absolute Gasteiger partial charge is 0.130 e. The van der Waals surface area contributed by atoms with Crippen LogP contribution in [-0.2, 0) is 67.2 Å². The average molecular weight is 1340 g/mol. The van der Waals surface area contributed by atoms with Gasteiger partial charge in [0.05, 0.1) is 64.5 Å². The molecule has 0 amide bonds. The fraction of sp³-hybridized carbons (Fsp3) is 0.326. The number of aromatic nitrogens is 6. The van der Waals surface area contributed by atoms with Gasteiger partial charge < -0.3 is 29.4 Å². The number of nitrogens with two attached hydrogens (primary N) is 1. The van der Waals surface area contributed by atoms with E-state index < -0.39 is 0 Å². The molecule has 12 nitrogen and oxygen atoms in total. The fourth-order valence-electron chi connectivity index (χ4n) is 13.0. The predicted molar refractivity (Wildman–Crippen MR) is 408 cm³/mol. The number of ether oxygens (including phenoxy) is 5. The third kappa shape index (κ3) is 17.5. The Labute approximate surface area is 598 Å². The highest BCUT2D eigenvalue weighted by atomic mass is 16.5. The van der Waals surface area contributed by atoms with Crippen molar-refractivity contribution in [3.8, 4) is 62.9 Å². The minimum absolute atomic E-state index is 0.193. The second-order valence-electron chi connectivity index (χ2n) is 31.2. The Bertz CT molecular complexity index is 4590. The molecule has 0 fully saturated rings. The number of nitrogen functional groups attached to an aromatic ring is 1. The topological polar surface area (TPSA) is 150 Å². The molecule has 101 heavy (non-hydrogen) atoms. The predicted octanol–water partition coefficient (Wildman–Crippen LogP) is 20.0. The van der Waals surface area contributed by atoms with Crippen LogP contribution in [-0.4, -0.2) is 43.1 Å². The second-order valence-corrected chi connectivity index (χ2v) is 31.2. The summed E-state index contributed by atoms with van der Waals surface area (Å²) >= 11 is 0. The number of pyridine rings is 6.